The van der Waals surface area contributed by atoms with Crippen molar-refractivity contribution in [2.75, 3.05) is 11.9 Å². The summed E-state index contributed by atoms with van der Waals surface area (Å²) in [5, 5.41) is 2.91. The summed E-state index contributed by atoms with van der Waals surface area (Å²) >= 11 is 3.47. The molecule has 0 aromatic heterocycles. The molecular weight excluding hydrogens is 468 g/mol. The number of halogens is 1. The zero-order valence-electron chi connectivity index (χ0n) is 17.2. The molecule has 2 aromatic rings. The number of hydrogen-bond donors (Lipinski definition) is 2. The molecule has 6 nitrogen and oxygen atoms in total. The Kier molecular flexibility index (Phi) is 7.55. The molecule has 0 spiro atoms. The Hall–Kier alpha value is -1.90. The van der Waals surface area contributed by atoms with E-state index in [0.29, 0.717) is 5.75 Å². The molecule has 0 aliphatic heterocycles. The topological polar surface area (TPSA) is 84.5 Å². The molecule has 0 heterocycles. The van der Waals surface area contributed by atoms with Gasteiger partial charge in [-0.2, -0.15) is 0 Å². The minimum Gasteiger partial charge on any atom is -0.484 e. The van der Waals surface area contributed by atoms with Gasteiger partial charge in [0.25, 0.3) is 5.91 Å². The second kappa shape index (κ2) is 9.94. The third-order valence-electron chi connectivity index (χ3n) is 5.21. The number of sulfonamides is 1. The fourth-order valence-electron chi connectivity index (χ4n) is 3.64. The van der Waals surface area contributed by atoms with Crippen molar-refractivity contribution in [2.45, 2.75) is 56.9 Å². The van der Waals surface area contributed by atoms with Crippen LogP contribution in [0.5, 0.6) is 5.75 Å². The molecule has 1 aliphatic carbocycles. The summed E-state index contributed by atoms with van der Waals surface area (Å²) in [6, 6.07) is 10.1. The van der Waals surface area contributed by atoms with Gasteiger partial charge in [0, 0.05) is 16.2 Å². The van der Waals surface area contributed by atoms with Crippen molar-refractivity contribution in [3.63, 3.8) is 0 Å². The van der Waals surface area contributed by atoms with E-state index in [1.165, 1.54) is 12.1 Å². The molecule has 0 saturated heterocycles. The zero-order valence-corrected chi connectivity index (χ0v) is 19.6. The molecule has 162 valence electrons. The molecule has 1 fully saturated rings. The van der Waals surface area contributed by atoms with Gasteiger partial charge in [0.15, 0.2) is 6.61 Å². The average Bonchev–Trinajstić information content (AvgIpc) is 3.20. The highest BCUT2D eigenvalue weighted by atomic mass is 79.9. The lowest BCUT2D eigenvalue weighted by Gasteiger charge is -2.15. The summed E-state index contributed by atoms with van der Waals surface area (Å²) in [4.78, 5) is 12.6. The molecule has 2 N–H and O–H groups in total. The number of benzene rings is 2. The number of carbonyl (C=O) groups is 1. The SMILES string of the molecule is CCc1cc(Br)cc(C)c1NC(=O)COc1ccc(S(=O)(=O)NC2CCCC2)cc1. The first-order valence-corrected chi connectivity index (χ1v) is 12.4. The summed E-state index contributed by atoms with van der Waals surface area (Å²) in [5.41, 5.74) is 2.81. The summed E-state index contributed by atoms with van der Waals surface area (Å²) in [7, 11) is -3.54. The predicted octanol–water partition coefficient (Wildman–Crippen LogP) is 4.56. The highest BCUT2D eigenvalue weighted by Gasteiger charge is 2.22. The maximum atomic E-state index is 12.5. The van der Waals surface area contributed by atoms with Gasteiger partial charge in [-0.05, 0) is 73.7 Å². The zero-order chi connectivity index (χ0) is 21.7. The summed E-state index contributed by atoms with van der Waals surface area (Å²) in [6.45, 7) is 3.81. The Morgan fingerprint density at radius 2 is 1.83 bits per heavy atom. The van der Waals surface area contributed by atoms with Gasteiger partial charge < -0.3 is 10.1 Å². The van der Waals surface area contributed by atoms with E-state index in [0.717, 1.165) is 53.4 Å². The van der Waals surface area contributed by atoms with Crippen LogP contribution in [0.2, 0.25) is 0 Å². The number of carbonyl (C=O) groups excluding carboxylic acids is 1. The number of amides is 1. The Bertz CT molecular complexity index is 1000. The van der Waals surface area contributed by atoms with Crippen LogP contribution in [0, 0.1) is 6.92 Å². The molecule has 0 unspecified atom stereocenters. The standard InChI is InChI=1S/C22H27BrN2O4S/c1-3-16-13-17(23)12-15(2)22(16)24-21(26)14-29-19-8-10-20(11-9-19)30(27,28)25-18-6-4-5-7-18/h8-13,18,25H,3-7,14H2,1-2H3,(H,24,26). The smallest absolute Gasteiger partial charge is 0.262 e. The van der Waals surface area contributed by atoms with Crippen LogP contribution in [0.3, 0.4) is 0 Å². The third-order valence-corrected chi connectivity index (χ3v) is 7.20. The van der Waals surface area contributed by atoms with Gasteiger partial charge >= 0.3 is 0 Å². The van der Waals surface area contributed by atoms with Gasteiger partial charge in [-0.25, -0.2) is 13.1 Å². The summed E-state index contributed by atoms with van der Waals surface area (Å²) in [6.07, 6.45) is 4.67. The molecule has 30 heavy (non-hydrogen) atoms. The number of anilines is 1. The van der Waals surface area contributed by atoms with Crippen LogP contribution in [0.1, 0.15) is 43.7 Å². The molecule has 8 heteroatoms. The van der Waals surface area contributed by atoms with E-state index in [-0.39, 0.29) is 23.5 Å². The quantitative estimate of drug-likeness (QED) is 0.563. The van der Waals surface area contributed by atoms with Crippen LogP contribution < -0.4 is 14.8 Å². The van der Waals surface area contributed by atoms with Crippen molar-refractivity contribution in [2.24, 2.45) is 0 Å². The van der Waals surface area contributed by atoms with Gasteiger partial charge in [-0.1, -0.05) is 35.7 Å². The van der Waals surface area contributed by atoms with Crippen molar-refractivity contribution in [1.29, 1.82) is 0 Å². The molecule has 1 saturated carbocycles. The molecule has 1 aliphatic rings. The van der Waals surface area contributed by atoms with Crippen LogP contribution in [0.15, 0.2) is 45.8 Å². The van der Waals surface area contributed by atoms with Crippen LogP contribution in [-0.2, 0) is 21.2 Å². The number of aryl methyl sites for hydroxylation is 2. The maximum absolute atomic E-state index is 12.5. The Balaban J connectivity index is 1.58. The van der Waals surface area contributed by atoms with E-state index in [9.17, 15) is 13.2 Å². The van der Waals surface area contributed by atoms with Crippen LogP contribution in [0.4, 0.5) is 5.69 Å². The number of nitrogens with one attached hydrogen (secondary N) is 2. The van der Waals surface area contributed by atoms with Crippen LogP contribution in [-0.4, -0.2) is 27.0 Å². The van der Waals surface area contributed by atoms with E-state index in [4.69, 9.17) is 4.74 Å². The highest BCUT2D eigenvalue weighted by molar-refractivity contribution is 9.10. The fraction of sp³-hybridized carbons (Fsp3) is 0.409. The Labute approximate surface area is 186 Å². The first-order valence-electron chi connectivity index (χ1n) is 10.1. The lowest BCUT2D eigenvalue weighted by molar-refractivity contribution is -0.118. The van der Waals surface area contributed by atoms with E-state index < -0.39 is 10.0 Å². The van der Waals surface area contributed by atoms with Crippen LogP contribution >= 0.6 is 15.9 Å². The van der Waals surface area contributed by atoms with Crippen molar-refractivity contribution in [3.05, 3.63) is 52.0 Å². The van der Waals surface area contributed by atoms with Gasteiger partial charge in [0.1, 0.15) is 5.75 Å². The molecular formula is C22H27BrN2O4S. The van der Waals surface area contributed by atoms with Gasteiger partial charge in [-0.15, -0.1) is 0 Å². The average molecular weight is 495 g/mol. The predicted molar refractivity (Wildman–Crippen MR) is 121 cm³/mol. The van der Waals surface area contributed by atoms with E-state index in [1.807, 2.05) is 26.0 Å². The maximum Gasteiger partial charge on any atom is 0.262 e. The number of ether oxygens (including phenoxy) is 1. The Morgan fingerprint density at radius 3 is 2.47 bits per heavy atom. The lowest BCUT2D eigenvalue weighted by atomic mass is 10.1. The number of rotatable bonds is 8. The molecule has 1 amide bonds. The van der Waals surface area contributed by atoms with E-state index in [2.05, 4.69) is 26.0 Å². The van der Waals surface area contributed by atoms with Gasteiger partial charge in [-0.3, -0.25) is 4.79 Å². The third kappa shape index (κ3) is 5.83. The molecule has 0 atom stereocenters. The highest BCUT2D eigenvalue weighted by Crippen LogP contribution is 2.26. The second-order valence-corrected chi connectivity index (χ2v) is 10.2. The first-order chi connectivity index (χ1) is 14.3. The van der Waals surface area contributed by atoms with Gasteiger partial charge in [0.05, 0.1) is 4.90 Å². The minimum atomic E-state index is -3.54. The monoisotopic (exact) mass is 494 g/mol. The summed E-state index contributed by atoms with van der Waals surface area (Å²) in [5.74, 6) is 0.169. The lowest BCUT2D eigenvalue weighted by Crippen LogP contribution is -2.32. The van der Waals surface area contributed by atoms with E-state index in [1.54, 1.807) is 12.1 Å². The van der Waals surface area contributed by atoms with Crippen LogP contribution in [0.25, 0.3) is 0 Å². The van der Waals surface area contributed by atoms with E-state index >= 15 is 0 Å². The number of hydrogen-bond acceptors (Lipinski definition) is 4. The fourth-order valence-corrected chi connectivity index (χ4v) is 5.57. The first kappa shape index (κ1) is 22.8. The van der Waals surface area contributed by atoms with Crippen molar-refractivity contribution in [3.8, 4) is 5.75 Å². The molecule has 2 aromatic carbocycles. The second-order valence-electron chi connectivity index (χ2n) is 7.52. The van der Waals surface area contributed by atoms with Crippen molar-refractivity contribution < 1.29 is 17.9 Å². The molecule has 0 radical (unpaired) electrons. The molecule has 3 rings (SSSR count). The molecule has 0 bridgehead atoms. The Morgan fingerprint density at radius 1 is 1.17 bits per heavy atom. The summed E-state index contributed by atoms with van der Waals surface area (Å²) < 4.78 is 34.2. The normalized spacial score (nSPS) is 14.6. The van der Waals surface area contributed by atoms with Gasteiger partial charge in [0.2, 0.25) is 10.0 Å². The van der Waals surface area contributed by atoms with Crippen molar-refractivity contribution >= 4 is 37.5 Å². The largest absolute Gasteiger partial charge is 0.484 e. The minimum absolute atomic E-state index is 0.0182. The van der Waals surface area contributed by atoms with Crippen molar-refractivity contribution in [1.82, 2.24) is 4.72 Å².